The van der Waals surface area contributed by atoms with Gasteiger partial charge in [-0.2, -0.15) is 0 Å². The van der Waals surface area contributed by atoms with Crippen LogP contribution in [-0.4, -0.2) is 16.8 Å². The summed E-state index contributed by atoms with van der Waals surface area (Å²) in [5, 5.41) is 13.2. The molecule has 1 aliphatic heterocycles. The number of halogens is 1. The molecular weight excluding hydrogens is 297 g/mol. The van der Waals surface area contributed by atoms with Crippen LogP contribution in [0.5, 0.6) is 0 Å². The number of nitrogens with one attached hydrogen (secondary N) is 1. The highest BCUT2D eigenvalue weighted by atomic mass is 19.1. The summed E-state index contributed by atoms with van der Waals surface area (Å²) >= 11 is 0. The number of hydrogen-bond acceptors (Lipinski definition) is 3. The predicted molar refractivity (Wildman–Crippen MR) is 83.7 cm³/mol. The first-order chi connectivity index (χ1) is 10.9. The maximum absolute atomic E-state index is 13.4. The highest BCUT2D eigenvalue weighted by Crippen LogP contribution is 2.39. The second-order valence-corrected chi connectivity index (χ2v) is 5.65. The molecule has 0 saturated carbocycles. The highest BCUT2D eigenvalue weighted by Gasteiger charge is 2.47. The van der Waals surface area contributed by atoms with E-state index in [4.69, 9.17) is 0 Å². The predicted octanol–water partition coefficient (Wildman–Crippen LogP) is 2.80. The van der Waals surface area contributed by atoms with Gasteiger partial charge in [0.15, 0.2) is 11.4 Å². The number of Topliss-reactive ketones (excluding diaryl/α,β-unsaturated/α-hetero) is 1. The van der Waals surface area contributed by atoms with E-state index in [0.717, 1.165) is 18.1 Å². The second kappa shape index (κ2) is 5.59. The van der Waals surface area contributed by atoms with Crippen LogP contribution >= 0.6 is 0 Å². The SMILES string of the molecule is CCc1ccc(C(=O)C[C@]2(O)C(=O)Nc3ccc(F)cc32)cc1. The number of aryl methyl sites for hydroxylation is 1. The topological polar surface area (TPSA) is 66.4 Å². The molecule has 2 N–H and O–H groups in total. The number of carbonyl (C=O) groups excluding carboxylic acids is 2. The van der Waals surface area contributed by atoms with E-state index in [1.54, 1.807) is 12.1 Å². The van der Waals surface area contributed by atoms with Crippen LogP contribution in [0.1, 0.15) is 34.8 Å². The Bertz CT molecular complexity index is 785. The van der Waals surface area contributed by atoms with Crippen LogP contribution in [-0.2, 0) is 16.8 Å². The molecule has 0 saturated heterocycles. The summed E-state index contributed by atoms with van der Waals surface area (Å²) in [6, 6.07) is 10.7. The Morgan fingerprint density at radius 1 is 1.22 bits per heavy atom. The monoisotopic (exact) mass is 313 g/mol. The summed E-state index contributed by atoms with van der Waals surface area (Å²) in [5.74, 6) is -1.66. The molecule has 0 fully saturated rings. The Balaban J connectivity index is 1.90. The number of rotatable bonds is 4. The summed E-state index contributed by atoms with van der Waals surface area (Å²) in [5.41, 5.74) is -0.119. The summed E-state index contributed by atoms with van der Waals surface area (Å²) < 4.78 is 13.4. The van der Waals surface area contributed by atoms with Crippen molar-refractivity contribution in [1.82, 2.24) is 0 Å². The summed E-state index contributed by atoms with van der Waals surface area (Å²) in [7, 11) is 0. The Hall–Kier alpha value is -2.53. The Kier molecular flexibility index (Phi) is 3.74. The van der Waals surface area contributed by atoms with E-state index in [9.17, 15) is 19.1 Å². The van der Waals surface area contributed by atoms with Crippen molar-refractivity contribution < 1.29 is 19.1 Å². The van der Waals surface area contributed by atoms with Crippen molar-refractivity contribution in [3.63, 3.8) is 0 Å². The van der Waals surface area contributed by atoms with Gasteiger partial charge in [0, 0.05) is 16.8 Å². The number of aliphatic hydroxyl groups is 1. The molecule has 0 bridgehead atoms. The molecule has 0 radical (unpaired) electrons. The first-order valence-electron chi connectivity index (χ1n) is 7.40. The van der Waals surface area contributed by atoms with Crippen molar-refractivity contribution in [2.45, 2.75) is 25.4 Å². The van der Waals surface area contributed by atoms with Crippen LogP contribution in [0.3, 0.4) is 0 Å². The van der Waals surface area contributed by atoms with Crippen molar-refractivity contribution in [2.75, 3.05) is 5.32 Å². The van der Waals surface area contributed by atoms with Crippen molar-refractivity contribution in [3.8, 4) is 0 Å². The standard InChI is InChI=1S/C18H16FNO3/c1-2-11-3-5-12(6-4-11)16(21)10-18(23)14-9-13(19)7-8-15(14)20-17(18)22/h3-9,23H,2,10H2,1H3,(H,20,22)/t18-/m1/s1. The van der Waals surface area contributed by atoms with Gasteiger partial charge in [0.2, 0.25) is 0 Å². The van der Waals surface area contributed by atoms with Gasteiger partial charge >= 0.3 is 0 Å². The maximum atomic E-state index is 13.4. The van der Waals surface area contributed by atoms with E-state index in [1.807, 2.05) is 19.1 Å². The zero-order chi connectivity index (χ0) is 16.6. The molecule has 5 heteroatoms. The van der Waals surface area contributed by atoms with E-state index in [-0.39, 0.29) is 11.3 Å². The molecule has 23 heavy (non-hydrogen) atoms. The van der Waals surface area contributed by atoms with Crippen molar-refractivity contribution >= 4 is 17.4 Å². The Morgan fingerprint density at radius 3 is 2.57 bits per heavy atom. The molecule has 2 aromatic carbocycles. The summed E-state index contributed by atoms with van der Waals surface area (Å²) in [6.45, 7) is 2.01. The fourth-order valence-corrected chi connectivity index (χ4v) is 2.75. The molecule has 1 atom stereocenters. The number of carbonyl (C=O) groups is 2. The molecular formula is C18H16FNO3. The minimum atomic E-state index is -2.04. The molecule has 0 spiro atoms. The van der Waals surface area contributed by atoms with Crippen LogP contribution in [0.25, 0.3) is 0 Å². The number of benzene rings is 2. The number of anilines is 1. The summed E-state index contributed by atoms with van der Waals surface area (Å²) in [6.07, 6.45) is 0.425. The van der Waals surface area contributed by atoms with Gasteiger partial charge in [-0.3, -0.25) is 9.59 Å². The largest absolute Gasteiger partial charge is 0.375 e. The molecule has 1 aliphatic rings. The molecule has 0 aromatic heterocycles. The van der Waals surface area contributed by atoms with Crippen LogP contribution < -0.4 is 5.32 Å². The normalized spacial score (nSPS) is 19.3. The van der Waals surface area contributed by atoms with Crippen molar-refractivity contribution in [2.24, 2.45) is 0 Å². The van der Waals surface area contributed by atoms with Gasteiger partial charge in [-0.05, 0) is 30.2 Å². The van der Waals surface area contributed by atoms with E-state index < -0.39 is 23.7 Å². The quantitative estimate of drug-likeness (QED) is 0.853. The minimum Gasteiger partial charge on any atom is -0.375 e. The lowest BCUT2D eigenvalue weighted by Gasteiger charge is -2.20. The highest BCUT2D eigenvalue weighted by molar-refractivity contribution is 6.09. The molecule has 1 heterocycles. The fourth-order valence-electron chi connectivity index (χ4n) is 2.75. The van der Waals surface area contributed by atoms with Gasteiger partial charge < -0.3 is 10.4 Å². The van der Waals surface area contributed by atoms with Crippen LogP contribution in [0.2, 0.25) is 0 Å². The minimum absolute atomic E-state index is 0.0982. The zero-order valence-corrected chi connectivity index (χ0v) is 12.6. The summed E-state index contributed by atoms with van der Waals surface area (Å²) in [4.78, 5) is 24.5. The molecule has 2 aromatic rings. The van der Waals surface area contributed by atoms with Crippen LogP contribution in [0.4, 0.5) is 10.1 Å². The van der Waals surface area contributed by atoms with Crippen molar-refractivity contribution in [3.05, 3.63) is 65.0 Å². The number of hydrogen-bond donors (Lipinski definition) is 2. The van der Waals surface area contributed by atoms with E-state index in [2.05, 4.69) is 5.32 Å². The first-order valence-corrected chi connectivity index (χ1v) is 7.40. The number of amides is 1. The Labute approximate surface area is 133 Å². The average Bonchev–Trinajstić information content (AvgIpc) is 2.79. The number of fused-ring (bicyclic) bond motifs is 1. The second-order valence-electron chi connectivity index (χ2n) is 5.65. The molecule has 3 rings (SSSR count). The number of ketones is 1. The van der Waals surface area contributed by atoms with Gasteiger partial charge in [-0.1, -0.05) is 31.2 Å². The third-order valence-electron chi connectivity index (χ3n) is 4.15. The smallest absolute Gasteiger partial charge is 0.261 e. The molecule has 0 aliphatic carbocycles. The van der Waals surface area contributed by atoms with Gasteiger partial charge in [-0.25, -0.2) is 4.39 Å². The third-order valence-corrected chi connectivity index (χ3v) is 4.15. The van der Waals surface area contributed by atoms with Gasteiger partial charge in [0.05, 0.1) is 6.42 Å². The third kappa shape index (κ3) is 2.64. The van der Waals surface area contributed by atoms with Gasteiger partial charge in [0.1, 0.15) is 5.82 Å². The zero-order valence-electron chi connectivity index (χ0n) is 12.6. The molecule has 1 amide bonds. The molecule has 0 unspecified atom stereocenters. The lowest BCUT2D eigenvalue weighted by Crippen LogP contribution is -2.36. The molecule has 4 nitrogen and oxygen atoms in total. The average molecular weight is 313 g/mol. The van der Waals surface area contributed by atoms with Crippen LogP contribution in [0, 0.1) is 5.82 Å². The lowest BCUT2D eigenvalue weighted by atomic mass is 9.88. The van der Waals surface area contributed by atoms with Crippen molar-refractivity contribution in [1.29, 1.82) is 0 Å². The van der Waals surface area contributed by atoms with E-state index in [0.29, 0.717) is 11.3 Å². The first kappa shape index (κ1) is 15.4. The van der Waals surface area contributed by atoms with Crippen LogP contribution in [0.15, 0.2) is 42.5 Å². The van der Waals surface area contributed by atoms with Gasteiger partial charge in [0.25, 0.3) is 5.91 Å². The maximum Gasteiger partial charge on any atom is 0.261 e. The lowest BCUT2D eigenvalue weighted by molar-refractivity contribution is -0.133. The molecule has 118 valence electrons. The van der Waals surface area contributed by atoms with Gasteiger partial charge in [-0.15, -0.1) is 0 Å². The van der Waals surface area contributed by atoms with E-state index in [1.165, 1.54) is 12.1 Å². The Morgan fingerprint density at radius 2 is 1.91 bits per heavy atom. The fraction of sp³-hybridized carbons (Fsp3) is 0.222. The van der Waals surface area contributed by atoms with E-state index >= 15 is 0 Å².